The Bertz CT molecular complexity index is 602. The predicted molar refractivity (Wildman–Crippen MR) is 85.4 cm³/mol. The second-order valence-electron chi connectivity index (χ2n) is 5.31. The summed E-state index contributed by atoms with van der Waals surface area (Å²) in [6.07, 6.45) is 1.22. The van der Waals surface area contributed by atoms with Crippen LogP contribution in [0.2, 0.25) is 0 Å². The molecule has 0 radical (unpaired) electrons. The molecular weight excluding hydrogens is 262 g/mol. The van der Waals surface area contributed by atoms with Gasteiger partial charge in [-0.25, -0.2) is 0 Å². The number of aryl methyl sites for hydroxylation is 1. The number of nitrogens with two attached hydrogens (primary N) is 1. The summed E-state index contributed by atoms with van der Waals surface area (Å²) < 4.78 is 2.26. The van der Waals surface area contributed by atoms with Crippen molar-refractivity contribution in [2.75, 3.05) is 6.54 Å². The summed E-state index contributed by atoms with van der Waals surface area (Å²) in [5.41, 5.74) is 10.1. The van der Waals surface area contributed by atoms with Crippen molar-refractivity contribution in [2.45, 2.75) is 33.2 Å². The van der Waals surface area contributed by atoms with Gasteiger partial charge in [-0.3, -0.25) is 4.79 Å². The Kier molecular flexibility index (Phi) is 5.17. The zero-order chi connectivity index (χ0) is 15.2. The first kappa shape index (κ1) is 15.3. The third kappa shape index (κ3) is 3.95. The zero-order valence-electron chi connectivity index (χ0n) is 12.7. The van der Waals surface area contributed by atoms with E-state index >= 15 is 0 Å². The fraction of sp³-hybridized carbons (Fsp3) is 0.353. The first-order valence-electron chi connectivity index (χ1n) is 7.32. The molecule has 0 aliphatic heterocycles. The summed E-state index contributed by atoms with van der Waals surface area (Å²) in [5, 5.41) is 3.37. The van der Waals surface area contributed by atoms with Crippen LogP contribution < -0.4 is 11.1 Å². The molecule has 1 heterocycles. The maximum absolute atomic E-state index is 10.7. The van der Waals surface area contributed by atoms with Gasteiger partial charge < -0.3 is 15.6 Å². The van der Waals surface area contributed by atoms with Gasteiger partial charge in [0, 0.05) is 30.0 Å². The van der Waals surface area contributed by atoms with Crippen LogP contribution in [0.3, 0.4) is 0 Å². The summed E-state index contributed by atoms with van der Waals surface area (Å²) in [4.78, 5) is 10.7. The summed E-state index contributed by atoms with van der Waals surface area (Å²) in [6.45, 7) is 5.88. The van der Waals surface area contributed by atoms with Crippen LogP contribution in [0.15, 0.2) is 36.4 Å². The van der Waals surface area contributed by atoms with Crippen LogP contribution in [0.4, 0.5) is 0 Å². The molecule has 0 saturated carbocycles. The first-order chi connectivity index (χ1) is 10.1. The topological polar surface area (TPSA) is 60.0 Å². The van der Waals surface area contributed by atoms with Crippen LogP contribution in [0.5, 0.6) is 0 Å². The number of benzene rings is 1. The minimum absolute atomic E-state index is 0.237. The molecule has 0 aliphatic rings. The lowest BCUT2D eigenvalue weighted by Gasteiger charge is -2.10. The smallest absolute Gasteiger partial charge is 0.217 e. The molecule has 1 aromatic heterocycles. The molecule has 2 aromatic rings. The number of rotatable bonds is 7. The molecule has 0 aliphatic carbocycles. The molecular formula is C17H23N3O. The molecule has 2 rings (SSSR count). The van der Waals surface area contributed by atoms with Crippen LogP contribution in [-0.4, -0.2) is 17.0 Å². The van der Waals surface area contributed by atoms with Crippen LogP contribution in [0.1, 0.15) is 29.8 Å². The lowest BCUT2D eigenvalue weighted by Crippen LogP contribution is -2.18. The van der Waals surface area contributed by atoms with Crippen LogP contribution in [-0.2, 0) is 11.3 Å². The molecule has 1 amide bonds. The van der Waals surface area contributed by atoms with Gasteiger partial charge in [-0.2, -0.15) is 0 Å². The van der Waals surface area contributed by atoms with Crippen LogP contribution in [0.25, 0.3) is 5.69 Å². The molecule has 4 nitrogen and oxygen atoms in total. The van der Waals surface area contributed by atoms with Gasteiger partial charge in [-0.15, -0.1) is 0 Å². The van der Waals surface area contributed by atoms with Crippen molar-refractivity contribution >= 4 is 5.91 Å². The molecule has 21 heavy (non-hydrogen) atoms. The zero-order valence-corrected chi connectivity index (χ0v) is 12.7. The van der Waals surface area contributed by atoms with Gasteiger partial charge in [0.15, 0.2) is 0 Å². The van der Waals surface area contributed by atoms with Crippen molar-refractivity contribution in [1.29, 1.82) is 0 Å². The van der Waals surface area contributed by atoms with E-state index in [4.69, 9.17) is 5.73 Å². The van der Waals surface area contributed by atoms with Crippen LogP contribution >= 0.6 is 0 Å². The monoisotopic (exact) mass is 285 g/mol. The number of amides is 1. The SMILES string of the molecule is Cc1cc(CNCCCC(N)=O)c(C)n1-c1ccccc1. The van der Waals surface area contributed by atoms with Gasteiger partial charge in [0.1, 0.15) is 0 Å². The minimum Gasteiger partial charge on any atom is -0.370 e. The highest BCUT2D eigenvalue weighted by molar-refractivity contribution is 5.73. The van der Waals surface area contributed by atoms with E-state index in [1.54, 1.807) is 0 Å². The molecule has 0 fully saturated rings. The van der Waals surface area contributed by atoms with E-state index in [1.165, 1.54) is 22.6 Å². The number of carbonyl (C=O) groups excluding carboxylic acids is 1. The van der Waals surface area contributed by atoms with Gasteiger partial charge in [-0.1, -0.05) is 18.2 Å². The third-order valence-corrected chi connectivity index (χ3v) is 3.64. The molecule has 0 unspecified atom stereocenters. The number of primary amides is 1. The third-order valence-electron chi connectivity index (χ3n) is 3.64. The Morgan fingerprint density at radius 2 is 1.95 bits per heavy atom. The molecule has 0 atom stereocenters. The number of nitrogens with one attached hydrogen (secondary N) is 1. The van der Waals surface area contributed by atoms with Crippen molar-refractivity contribution in [3.05, 3.63) is 53.3 Å². The van der Waals surface area contributed by atoms with E-state index in [1.807, 2.05) is 6.07 Å². The second kappa shape index (κ2) is 7.09. The van der Waals surface area contributed by atoms with Gasteiger partial charge in [0.2, 0.25) is 5.91 Å². The second-order valence-corrected chi connectivity index (χ2v) is 5.31. The summed E-state index contributed by atoms with van der Waals surface area (Å²) in [5.74, 6) is -0.237. The van der Waals surface area contributed by atoms with Crippen molar-refractivity contribution in [3.8, 4) is 5.69 Å². The van der Waals surface area contributed by atoms with Gasteiger partial charge in [0.25, 0.3) is 0 Å². The average molecular weight is 285 g/mol. The van der Waals surface area contributed by atoms with Crippen molar-refractivity contribution in [1.82, 2.24) is 9.88 Å². The Balaban J connectivity index is 2.01. The fourth-order valence-electron chi connectivity index (χ4n) is 2.59. The summed E-state index contributed by atoms with van der Waals surface area (Å²) in [7, 11) is 0. The lowest BCUT2D eigenvalue weighted by atomic mass is 10.2. The van der Waals surface area contributed by atoms with Gasteiger partial charge >= 0.3 is 0 Å². The molecule has 112 valence electrons. The van der Waals surface area contributed by atoms with E-state index in [-0.39, 0.29) is 5.91 Å². The van der Waals surface area contributed by atoms with Crippen molar-refractivity contribution < 1.29 is 4.79 Å². The van der Waals surface area contributed by atoms with E-state index in [0.717, 1.165) is 19.5 Å². The average Bonchev–Trinajstić information content (AvgIpc) is 2.74. The molecule has 4 heteroatoms. The minimum atomic E-state index is -0.237. The highest BCUT2D eigenvalue weighted by Gasteiger charge is 2.09. The van der Waals surface area contributed by atoms with Crippen molar-refractivity contribution in [3.63, 3.8) is 0 Å². The molecule has 1 aromatic carbocycles. The number of nitrogens with zero attached hydrogens (tertiary/aromatic N) is 1. The maximum Gasteiger partial charge on any atom is 0.217 e. The number of hydrogen-bond donors (Lipinski definition) is 2. The number of aromatic nitrogens is 1. The van der Waals surface area contributed by atoms with Gasteiger partial charge in [0.05, 0.1) is 0 Å². The van der Waals surface area contributed by atoms with Gasteiger partial charge in [-0.05, 0) is 50.6 Å². The molecule has 3 N–H and O–H groups in total. The summed E-state index contributed by atoms with van der Waals surface area (Å²) in [6, 6.07) is 12.6. The van der Waals surface area contributed by atoms with E-state index < -0.39 is 0 Å². The molecule has 0 spiro atoms. The highest BCUT2D eigenvalue weighted by Crippen LogP contribution is 2.20. The quantitative estimate of drug-likeness (QED) is 0.768. The number of hydrogen-bond acceptors (Lipinski definition) is 2. The Labute approximate surface area is 126 Å². The molecule has 0 saturated heterocycles. The van der Waals surface area contributed by atoms with E-state index in [9.17, 15) is 4.79 Å². The highest BCUT2D eigenvalue weighted by atomic mass is 16.1. The van der Waals surface area contributed by atoms with Crippen LogP contribution in [0, 0.1) is 13.8 Å². The van der Waals surface area contributed by atoms with E-state index in [0.29, 0.717) is 6.42 Å². The summed E-state index contributed by atoms with van der Waals surface area (Å²) >= 11 is 0. The Morgan fingerprint density at radius 3 is 2.62 bits per heavy atom. The largest absolute Gasteiger partial charge is 0.370 e. The Hall–Kier alpha value is -2.07. The number of para-hydroxylation sites is 1. The van der Waals surface area contributed by atoms with Crippen molar-refractivity contribution in [2.24, 2.45) is 5.73 Å². The predicted octanol–water partition coefficient (Wildman–Crippen LogP) is 2.45. The fourth-order valence-corrected chi connectivity index (χ4v) is 2.59. The standard InChI is InChI=1S/C17H23N3O/c1-13-11-15(12-19-10-6-9-17(18)21)14(2)20(13)16-7-4-3-5-8-16/h3-5,7-8,11,19H,6,9-10,12H2,1-2H3,(H2,18,21). The molecule has 0 bridgehead atoms. The maximum atomic E-state index is 10.7. The lowest BCUT2D eigenvalue weighted by molar-refractivity contribution is -0.118. The number of carbonyl (C=O) groups is 1. The first-order valence-corrected chi connectivity index (χ1v) is 7.32. The normalized spacial score (nSPS) is 10.8. The Morgan fingerprint density at radius 1 is 1.24 bits per heavy atom. The van der Waals surface area contributed by atoms with E-state index in [2.05, 4.69) is 54.1 Å².